The van der Waals surface area contributed by atoms with Gasteiger partial charge in [0.2, 0.25) is 0 Å². The summed E-state index contributed by atoms with van der Waals surface area (Å²) in [5, 5.41) is 8.98. The largest absolute Gasteiger partial charge is 0.433 e. The van der Waals surface area contributed by atoms with Gasteiger partial charge < -0.3 is 0 Å². The normalized spacial score (nSPS) is 11.5. The van der Waals surface area contributed by atoms with Gasteiger partial charge in [-0.1, -0.05) is 11.6 Å². The fourth-order valence-corrected chi connectivity index (χ4v) is 1.71. The third-order valence-corrected chi connectivity index (χ3v) is 2.62. The summed E-state index contributed by atoms with van der Waals surface area (Å²) >= 11 is 5.78. The Labute approximate surface area is 105 Å². The minimum atomic E-state index is -4.53. The van der Waals surface area contributed by atoms with Gasteiger partial charge in [0.1, 0.15) is 10.8 Å². The summed E-state index contributed by atoms with van der Waals surface area (Å²) in [7, 11) is 0. The molecule has 0 spiro atoms. The van der Waals surface area contributed by atoms with Gasteiger partial charge in [-0.05, 0) is 12.1 Å². The highest BCUT2D eigenvalue weighted by Gasteiger charge is 2.32. The van der Waals surface area contributed by atoms with Crippen LogP contribution < -0.4 is 0 Å². The van der Waals surface area contributed by atoms with Crippen molar-refractivity contribution in [3.63, 3.8) is 0 Å². The van der Waals surface area contributed by atoms with Crippen LogP contribution in [0.25, 0.3) is 10.9 Å². The van der Waals surface area contributed by atoms with Crippen molar-refractivity contribution in [1.29, 1.82) is 5.26 Å². The van der Waals surface area contributed by atoms with E-state index in [2.05, 4.69) is 9.97 Å². The second-order valence-corrected chi connectivity index (χ2v) is 3.86. The third kappa shape index (κ3) is 2.22. The van der Waals surface area contributed by atoms with E-state index in [1.165, 1.54) is 12.3 Å². The highest BCUT2D eigenvalue weighted by molar-refractivity contribution is 6.34. The summed E-state index contributed by atoms with van der Waals surface area (Å²) < 4.78 is 37.7. The number of nitrogens with zero attached hydrogens (tertiary/aromatic N) is 3. The van der Waals surface area contributed by atoms with Gasteiger partial charge in [0, 0.05) is 17.1 Å². The zero-order chi connectivity index (χ0) is 13.3. The number of nitriles is 1. The Morgan fingerprint density at radius 3 is 2.67 bits per heavy atom. The lowest BCUT2D eigenvalue weighted by Crippen LogP contribution is -2.08. The van der Waals surface area contributed by atoms with Crippen molar-refractivity contribution in [3.05, 3.63) is 34.7 Å². The molecule has 0 aliphatic rings. The van der Waals surface area contributed by atoms with Crippen LogP contribution >= 0.6 is 11.6 Å². The molecule has 2 heterocycles. The molecule has 0 N–H and O–H groups in total. The average Bonchev–Trinajstić information content (AvgIpc) is 2.31. The molecule has 0 aliphatic carbocycles. The van der Waals surface area contributed by atoms with Crippen molar-refractivity contribution in [1.82, 2.24) is 9.97 Å². The topological polar surface area (TPSA) is 49.6 Å². The molecule has 0 saturated carbocycles. The molecular weight excluding hydrogens is 267 g/mol. The van der Waals surface area contributed by atoms with Crippen LogP contribution in [-0.4, -0.2) is 9.97 Å². The maximum absolute atomic E-state index is 12.6. The monoisotopic (exact) mass is 271 g/mol. The summed E-state index contributed by atoms with van der Waals surface area (Å²) in [6.07, 6.45) is -3.34. The zero-order valence-electron chi connectivity index (χ0n) is 8.79. The van der Waals surface area contributed by atoms with Crippen LogP contribution in [0.15, 0.2) is 18.3 Å². The van der Waals surface area contributed by atoms with Gasteiger partial charge in [0.25, 0.3) is 0 Å². The van der Waals surface area contributed by atoms with Crippen LogP contribution in [0.5, 0.6) is 0 Å². The molecule has 2 rings (SSSR count). The fraction of sp³-hybridized carbons (Fsp3) is 0.182. The van der Waals surface area contributed by atoms with Gasteiger partial charge in [-0.25, -0.2) is 9.97 Å². The van der Waals surface area contributed by atoms with E-state index in [-0.39, 0.29) is 17.1 Å². The Balaban J connectivity index is 2.74. The minimum absolute atomic E-state index is 0.0615. The van der Waals surface area contributed by atoms with E-state index in [0.717, 1.165) is 6.07 Å². The molecule has 0 aromatic carbocycles. The number of aromatic nitrogens is 2. The highest BCUT2D eigenvalue weighted by atomic mass is 35.5. The van der Waals surface area contributed by atoms with Gasteiger partial charge in [-0.2, -0.15) is 18.4 Å². The molecule has 7 heteroatoms. The number of hydrogen-bond acceptors (Lipinski definition) is 3. The van der Waals surface area contributed by atoms with Crippen LogP contribution in [0.1, 0.15) is 11.3 Å². The molecule has 0 saturated heterocycles. The number of fused-ring (bicyclic) bond motifs is 1. The van der Waals surface area contributed by atoms with E-state index >= 15 is 0 Å². The van der Waals surface area contributed by atoms with Crippen molar-refractivity contribution in [2.24, 2.45) is 0 Å². The first kappa shape index (κ1) is 12.6. The molecule has 3 nitrogen and oxygen atoms in total. The van der Waals surface area contributed by atoms with Gasteiger partial charge in [-0.3, -0.25) is 0 Å². The maximum Gasteiger partial charge on any atom is 0.433 e. The number of hydrogen-bond donors (Lipinski definition) is 0. The van der Waals surface area contributed by atoms with Crippen LogP contribution in [0.3, 0.4) is 0 Å². The standard InChI is InChI=1S/C11H5ClF3N3/c12-10-7-1-2-8(11(13,14)15)18-9(7)6(3-4-16)5-17-10/h1-2,5H,3H2. The van der Waals surface area contributed by atoms with E-state index in [0.29, 0.717) is 10.9 Å². The smallest absolute Gasteiger partial charge is 0.243 e. The summed E-state index contributed by atoms with van der Waals surface area (Å²) in [5.74, 6) is 0. The molecule has 2 aromatic heterocycles. The number of halogens is 4. The first-order valence-corrected chi connectivity index (χ1v) is 5.19. The number of alkyl halides is 3. The fourth-order valence-electron chi connectivity index (χ4n) is 1.51. The number of rotatable bonds is 1. The Morgan fingerprint density at radius 2 is 2.06 bits per heavy atom. The van der Waals surface area contributed by atoms with Crippen molar-refractivity contribution >= 4 is 22.5 Å². The SMILES string of the molecule is N#CCc1cnc(Cl)c2ccc(C(F)(F)F)nc12. The van der Waals surface area contributed by atoms with Crippen LogP contribution in [-0.2, 0) is 12.6 Å². The summed E-state index contributed by atoms with van der Waals surface area (Å²) in [6.45, 7) is 0. The predicted octanol–water partition coefficient (Wildman–Crippen LogP) is 3.37. The van der Waals surface area contributed by atoms with E-state index in [4.69, 9.17) is 16.9 Å². The first-order chi connectivity index (χ1) is 8.43. The second-order valence-electron chi connectivity index (χ2n) is 3.50. The highest BCUT2D eigenvalue weighted by Crippen LogP contribution is 2.31. The van der Waals surface area contributed by atoms with Crippen LogP contribution in [0.4, 0.5) is 13.2 Å². The van der Waals surface area contributed by atoms with Crippen LogP contribution in [0.2, 0.25) is 5.15 Å². The quantitative estimate of drug-likeness (QED) is 0.747. The lowest BCUT2D eigenvalue weighted by atomic mass is 10.1. The zero-order valence-corrected chi connectivity index (χ0v) is 9.55. The minimum Gasteiger partial charge on any atom is -0.243 e. The Hall–Kier alpha value is -1.87. The van der Waals surface area contributed by atoms with E-state index in [1.54, 1.807) is 0 Å². The third-order valence-electron chi connectivity index (χ3n) is 2.32. The van der Waals surface area contributed by atoms with Gasteiger partial charge >= 0.3 is 6.18 Å². The molecule has 0 atom stereocenters. The Morgan fingerprint density at radius 1 is 1.33 bits per heavy atom. The van der Waals surface area contributed by atoms with Crippen LogP contribution in [0, 0.1) is 11.3 Å². The van der Waals surface area contributed by atoms with Crippen molar-refractivity contribution in [2.75, 3.05) is 0 Å². The molecule has 92 valence electrons. The van der Waals surface area contributed by atoms with Gasteiger partial charge in [-0.15, -0.1) is 0 Å². The van der Waals surface area contributed by atoms with Crippen molar-refractivity contribution in [3.8, 4) is 6.07 Å². The van der Waals surface area contributed by atoms with Crippen molar-refractivity contribution < 1.29 is 13.2 Å². The van der Waals surface area contributed by atoms with Crippen molar-refractivity contribution in [2.45, 2.75) is 12.6 Å². The van der Waals surface area contributed by atoms with E-state index in [1.807, 2.05) is 6.07 Å². The van der Waals surface area contributed by atoms with Gasteiger partial charge in [0.05, 0.1) is 18.0 Å². The maximum atomic E-state index is 12.6. The average molecular weight is 272 g/mol. The first-order valence-electron chi connectivity index (χ1n) is 4.82. The molecule has 0 bridgehead atoms. The summed E-state index contributed by atoms with van der Waals surface area (Å²) in [4.78, 5) is 7.34. The molecular formula is C11H5ClF3N3. The molecule has 0 unspecified atom stereocenters. The molecule has 0 aliphatic heterocycles. The molecule has 0 radical (unpaired) electrons. The molecule has 0 amide bonds. The van der Waals surface area contributed by atoms with E-state index < -0.39 is 11.9 Å². The Kier molecular flexibility index (Phi) is 3.09. The van der Waals surface area contributed by atoms with E-state index in [9.17, 15) is 13.2 Å². The molecule has 0 fully saturated rings. The summed E-state index contributed by atoms with van der Waals surface area (Å²) in [5.41, 5.74) is -0.633. The molecule has 2 aromatic rings. The Bertz CT molecular complexity index is 646. The number of pyridine rings is 2. The second kappa shape index (κ2) is 4.42. The lowest BCUT2D eigenvalue weighted by Gasteiger charge is -2.09. The summed E-state index contributed by atoms with van der Waals surface area (Å²) in [6, 6.07) is 3.90. The van der Waals surface area contributed by atoms with Gasteiger partial charge in [0.15, 0.2) is 0 Å². The predicted molar refractivity (Wildman–Crippen MR) is 58.9 cm³/mol. The molecule has 18 heavy (non-hydrogen) atoms. The lowest BCUT2D eigenvalue weighted by molar-refractivity contribution is -0.140.